The summed E-state index contributed by atoms with van der Waals surface area (Å²) in [6.07, 6.45) is 0. The van der Waals surface area contributed by atoms with Crippen LogP contribution < -0.4 is 15.2 Å². The van der Waals surface area contributed by atoms with Crippen molar-refractivity contribution in [2.24, 2.45) is 0 Å². The molecule has 5 N–H and O–H groups in total. The number of rotatable bonds is 6. The van der Waals surface area contributed by atoms with Gasteiger partial charge in [-0.05, 0) is 47.8 Å². The zero-order chi connectivity index (χ0) is 19.6. The van der Waals surface area contributed by atoms with Crippen LogP contribution in [-0.2, 0) is 0 Å². The number of carboxylic acids is 1. The monoisotopic (exact) mass is 422 g/mol. The highest BCUT2D eigenvalue weighted by molar-refractivity contribution is 8.02. The van der Waals surface area contributed by atoms with E-state index in [0.717, 1.165) is 15.3 Å². The Labute approximate surface area is 168 Å². The summed E-state index contributed by atoms with van der Waals surface area (Å²) < 4.78 is 9.74. The van der Waals surface area contributed by atoms with Crippen LogP contribution in [-0.4, -0.2) is 23.3 Å². The molecule has 27 heavy (non-hydrogen) atoms. The Bertz CT molecular complexity index is 1010. The molecular formula is C18H15ClN2O4S2. The van der Waals surface area contributed by atoms with Gasteiger partial charge in [0, 0.05) is 17.3 Å². The number of nitrogens with one attached hydrogen (secondary N) is 1. The number of halogens is 1. The number of ether oxygens (including phenoxy) is 1. The van der Waals surface area contributed by atoms with Gasteiger partial charge in [0.05, 0.1) is 17.0 Å². The highest BCUT2D eigenvalue weighted by atomic mass is 35.5. The van der Waals surface area contributed by atoms with Crippen molar-refractivity contribution in [2.45, 2.75) is 4.21 Å². The van der Waals surface area contributed by atoms with Gasteiger partial charge in [0.1, 0.15) is 21.4 Å². The minimum absolute atomic E-state index is 0.149. The first-order chi connectivity index (χ1) is 12.9. The Morgan fingerprint density at radius 3 is 2.67 bits per heavy atom. The smallest absolute Gasteiger partial charge is 0.339 e. The van der Waals surface area contributed by atoms with Crippen LogP contribution in [0.15, 0.2) is 46.7 Å². The zero-order valence-corrected chi connectivity index (χ0v) is 16.4. The second-order valence-corrected chi connectivity index (χ2v) is 8.21. The number of methoxy groups -OCH3 is 1. The maximum Gasteiger partial charge on any atom is 0.339 e. The van der Waals surface area contributed by atoms with Gasteiger partial charge in [0.2, 0.25) is 0 Å². The summed E-state index contributed by atoms with van der Waals surface area (Å²) in [6.45, 7) is 0. The van der Waals surface area contributed by atoms with Crippen molar-refractivity contribution < 1.29 is 19.7 Å². The molecule has 0 aliphatic rings. The lowest BCUT2D eigenvalue weighted by Crippen LogP contribution is -1.97. The van der Waals surface area contributed by atoms with Crippen LogP contribution in [0.3, 0.4) is 0 Å². The maximum absolute atomic E-state index is 10.9. The number of nitrogens with two attached hydrogens (primary N) is 1. The van der Waals surface area contributed by atoms with Crippen LogP contribution in [0, 0.1) is 0 Å². The van der Waals surface area contributed by atoms with Crippen molar-refractivity contribution in [2.75, 3.05) is 17.6 Å². The molecule has 0 fully saturated rings. The fourth-order valence-corrected chi connectivity index (χ4v) is 4.64. The second kappa shape index (κ2) is 7.99. The van der Waals surface area contributed by atoms with E-state index in [0.29, 0.717) is 21.5 Å². The molecule has 0 amide bonds. The Morgan fingerprint density at radius 1 is 1.26 bits per heavy atom. The third-order valence-electron chi connectivity index (χ3n) is 3.70. The SMILES string of the molecule is COc1ccc(-c2cc(SNc3ccc(C(=O)O)c(O)c3)sc2Cl)cc1N. The minimum Gasteiger partial charge on any atom is -0.507 e. The third-order valence-corrected chi connectivity index (χ3v) is 6.01. The molecule has 0 aliphatic carbocycles. The summed E-state index contributed by atoms with van der Waals surface area (Å²) in [6, 6.07) is 11.7. The van der Waals surface area contributed by atoms with Crippen molar-refractivity contribution in [3.05, 3.63) is 52.4 Å². The molecule has 9 heteroatoms. The number of anilines is 2. The van der Waals surface area contributed by atoms with Crippen molar-refractivity contribution in [3.8, 4) is 22.6 Å². The molecule has 1 aromatic heterocycles. The Hall–Kier alpha value is -2.55. The van der Waals surface area contributed by atoms with Crippen molar-refractivity contribution >= 4 is 52.2 Å². The van der Waals surface area contributed by atoms with E-state index in [1.54, 1.807) is 25.3 Å². The molecule has 3 aromatic rings. The molecule has 3 rings (SSSR count). The quantitative estimate of drug-likeness (QED) is 0.320. The summed E-state index contributed by atoms with van der Waals surface area (Å²) in [5, 5.41) is 18.7. The summed E-state index contributed by atoms with van der Waals surface area (Å²) in [7, 11) is 1.56. The molecular weight excluding hydrogens is 408 g/mol. The van der Waals surface area contributed by atoms with E-state index in [2.05, 4.69) is 4.72 Å². The predicted molar refractivity (Wildman–Crippen MR) is 110 cm³/mol. The number of hydrogen-bond acceptors (Lipinski definition) is 7. The predicted octanol–water partition coefficient (Wildman–Crippen LogP) is 5.18. The van der Waals surface area contributed by atoms with Gasteiger partial charge < -0.3 is 25.4 Å². The molecule has 0 bridgehead atoms. The molecule has 140 valence electrons. The normalized spacial score (nSPS) is 10.6. The van der Waals surface area contributed by atoms with Gasteiger partial charge in [0.15, 0.2) is 0 Å². The molecule has 2 aromatic carbocycles. The van der Waals surface area contributed by atoms with E-state index >= 15 is 0 Å². The summed E-state index contributed by atoms with van der Waals surface area (Å²) in [5.41, 5.74) is 8.64. The van der Waals surface area contributed by atoms with Gasteiger partial charge in [-0.25, -0.2) is 4.79 Å². The average Bonchev–Trinajstić information content (AvgIpc) is 3.00. The van der Waals surface area contributed by atoms with Crippen molar-refractivity contribution in [1.82, 2.24) is 0 Å². The molecule has 1 heterocycles. The van der Waals surface area contributed by atoms with Crippen LogP contribution in [0.4, 0.5) is 11.4 Å². The first-order valence-corrected chi connectivity index (χ1v) is 9.62. The fraction of sp³-hybridized carbons (Fsp3) is 0.0556. The van der Waals surface area contributed by atoms with E-state index in [1.807, 2.05) is 12.1 Å². The van der Waals surface area contributed by atoms with Gasteiger partial charge in [-0.3, -0.25) is 0 Å². The van der Waals surface area contributed by atoms with E-state index in [1.165, 1.54) is 35.4 Å². The lowest BCUT2D eigenvalue weighted by atomic mass is 10.1. The van der Waals surface area contributed by atoms with Crippen LogP contribution in [0.5, 0.6) is 11.5 Å². The van der Waals surface area contributed by atoms with E-state index in [-0.39, 0.29) is 11.3 Å². The van der Waals surface area contributed by atoms with Gasteiger partial charge in [-0.2, -0.15) is 0 Å². The van der Waals surface area contributed by atoms with Crippen LogP contribution in [0.2, 0.25) is 4.34 Å². The lowest BCUT2D eigenvalue weighted by Gasteiger charge is -2.06. The standard InChI is InChI=1S/C18H15ClN2O4S2/c1-25-15-5-2-9(6-13(15)20)12-8-16(26-17(12)19)27-21-10-3-4-11(18(23)24)14(22)7-10/h2-8,21-22H,20H2,1H3,(H,23,24). The number of benzene rings is 2. The molecule has 0 radical (unpaired) electrons. The van der Waals surface area contributed by atoms with Crippen LogP contribution in [0.1, 0.15) is 10.4 Å². The van der Waals surface area contributed by atoms with Gasteiger partial charge in [-0.1, -0.05) is 17.7 Å². The number of hydrogen-bond donors (Lipinski definition) is 4. The number of nitrogen functional groups attached to an aromatic ring is 1. The third kappa shape index (κ3) is 4.24. The number of aromatic hydroxyl groups is 1. The minimum atomic E-state index is -1.18. The average molecular weight is 423 g/mol. The lowest BCUT2D eigenvalue weighted by molar-refractivity contribution is 0.0694. The molecule has 0 saturated carbocycles. The van der Waals surface area contributed by atoms with E-state index in [9.17, 15) is 9.90 Å². The number of carboxylic acid groups (broad SMARTS) is 1. The number of aromatic carboxylic acids is 1. The molecule has 0 unspecified atom stereocenters. The highest BCUT2D eigenvalue weighted by Crippen LogP contribution is 2.41. The molecule has 0 spiro atoms. The summed E-state index contributed by atoms with van der Waals surface area (Å²) in [5.74, 6) is -0.877. The van der Waals surface area contributed by atoms with Crippen molar-refractivity contribution in [1.29, 1.82) is 0 Å². The maximum atomic E-state index is 10.9. The fourth-order valence-electron chi connectivity index (χ4n) is 2.38. The Kier molecular flexibility index (Phi) is 5.69. The van der Waals surface area contributed by atoms with Gasteiger partial charge >= 0.3 is 5.97 Å². The molecule has 0 atom stereocenters. The first kappa shape index (κ1) is 19.2. The van der Waals surface area contributed by atoms with E-state index in [4.69, 9.17) is 27.2 Å². The second-order valence-electron chi connectivity index (χ2n) is 5.45. The Balaban J connectivity index is 1.76. The Morgan fingerprint density at radius 2 is 2.04 bits per heavy atom. The highest BCUT2D eigenvalue weighted by Gasteiger charge is 2.13. The molecule has 0 aliphatic heterocycles. The number of thiophene rings is 1. The number of phenols is 1. The van der Waals surface area contributed by atoms with Crippen LogP contribution >= 0.6 is 34.9 Å². The van der Waals surface area contributed by atoms with E-state index < -0.39 is 5.97 Å². The topological polar surface area (TPSA) is 105 Å². The molecule has 6 nitrogen and oxygen atoms in total. The zero-order valence-electron chi connectivity index (χ0n) is 14.0. The van der Waals surface area contributed by atoms with Crippen LogP contribution in [0.25, 0.3) is 11.1 Å². The van der Waals surface area contributed by atoms with Crippen molar-refractivity contribution in [3.63, 3.8) is 0 Å². The number of carbonyl (C=O) groups is 1. The molecule has 0 saturated heterocycles. The first-order valence-electron chi connectivity index (χ1n) is 7.61. The van der Waals surface area contributed by atoms with Gasteiger partial charge in [0.25, 0.3) is 0 Å². The largest absolute Gasteiger partial charge is 0.507 e. The van der Waals surface area contributed by atoms with Gasteiger partial charge in [-0.15, -0.1) is 11.3 Å². The summed E-state index contributed by atoms with van der Waals surface area (Å²) >= 11 is 9.07. The summed E-state index contributed by atoms with van der Waals surface area (Å²) in [4.78, 5) is 10.9.